The van der Waals surface area contributed by atoms with E-state index >= 15 is 0 Å². The molecule has 0 radical (unpaired) electrons. The third-order valence-electron chi connectivity index (χ3n) is 2.67. The summed E-state index contributed by atoms with van der Waals surface area (Å²) in [5.74, 6) is 0.830. The van der Waals surface area contributed by atoms with Gasteiger partial charge in [0.25, 0.3) is 0 Å². The maximum absolute atomic E-state index is 4.02. The average Bonchev–Trinajstić information content (AvgIpc) is 2.21. The first-order valence-corrected chi connectivity index (χ1v) is 5.05. The van der Waals surface area contributed by atoms with E-state index < -0.39 is 0 Å². The zero-order chi connectivity index (χ0) is 8.93. The molecule has 0 unspecified atom stereocenters. The Morgan fingerprint density at radius 2 is 2.23 bits per heavy atom. The standard InChI is InChI=1S/C11H16N2/c1-2-11(9-13-5-1)8-10-3-6-12-7-4-10/h3-4,6-7,11,13H,1-2,5,8-9H2/t11-/m1/s1. The fourth-order valence-corrected chi connectivity index (χ4v) is 1.95. The lowest BCUT2D eigenvalue weighted by molar-refractivity contribution is 0.376. The van der Waals surface area contributed by atoms with Gasteiger partial charge in [-0.15, -0.1) is 0 Å². The van der Waals surface area contributed by atoms with Crippen LogP contribution in [0.25, 0.3) is 0 Å². The minimum Gasteiger partial charge on any atom is -0.316 e. The Hall–Kier alpha value is -0.890. The van der Waals surface area contributed by atoms with Crippen LogP contribution in [0.15, 0.2) is 24.5 Å². The molecule has 1 aromatic heterocycles. The van der Waals surface area contributed by atoms with Crippen molar-refractivity contribution in [1.29, 1.82) is 0 Å². The first kappa shape index (κ1) is 8.70. The van der Waals surface area contributed by atoms with Crippen molar-refractivity contribution in [3.05, 3.63) is 30.1 Å². The number of nitrogens with zero attached hydrogens (tertiary/aromatic N) is 1. The summed E-state index contributed by atoms with van der Waals surface area (Å²) in [5.41, 5.74) is 1.42. The predicted molar refractivity (Wildman–Crippen MR) is 53.5 cm³/mol. The van der Waals surface area contributed by atoms with Crippen LogP contribution < -0.4 is 5.32 Å². The highest BCUT2D eigenvalue weighted by atomic mass is 14.9. The Morgan fingerprint density at radius 3 is 2.92 bits per heavy atom. The summed E-state index contributed by atoms with van der Waals surface area (Å²) in [5, 5.41) is 3.44. The quantitative estimate of drug-likeness (QED) is 0.740. The molecule has 0 saturated carbocycles. The van der Waals surface area contributed by atoms with Gasteiger partial charge in [-0.25, -0.2) is 0 Å². The largest absolute Gasteiger partial charge is 0.316 e. The van der Waals surface area contributed by atoms with Gasteiger partial charge in [-0.05, 0) is 56.0 Å². The first-order valence-electron chi connectivity index (χ1n) is 5.05. The molecule has 2 heterocycles. The Labute approximate surface area is 79.4 Å². The first-order chi connectivity index (χ1) is 6.45. The number of hydrogen-bond acceptors (Lipinski definition) is 2. The predicted octanol–water partition coefficient (Wildman–Crippen LogP) is 1.62. The Balaban J connectivity index is 1.90. The van der Waals surface area contributed by atoms with Crippen molar-refractivity contribution in [3.8, 4) is 0 Å². The molecule has 1 aliphatic rings. The summed E-state index contributed by atoms with van der Waals surface area (Å²) in [4.78, 5) is 4.02. The number of nitrogens with one attached hydrogen (secondary N) is 1. The SMILES string of the molecule is c1cc(C[C@H]2CCCNC2)ccn1. The van der Waals surface area contributed by atoms with Crippen molar-refractivity contribution in [1.82, 2.24) is 10.3 Å². The molecule has 1 N–H and O–H groups in total. The smallest absolute Gasteiger partial charge is 0.0270 e. The van der Waals surface area contributed by atoms with Gasteiger partial charge in [0.1, 0.15) is 0 Å². The maximum Gasteiger partial charge on any atom is 0.0270 e. The van der Waals surface area contributed by atoms with Crippen LogP contribution >= 0.6 is 0 Å². The molecular formula is C11H16N2. The lowest BCUT2D eigenvalue weighted by atomic mass is 9.93. The van der Waals surface area contributed by atoms with E-state index in [1.54, 1.807) is 0 Å². The molecule has 13 heavy (non-hydrogen) atoms. The van der Waals surface area contributed by atoms with E-state index in [0.29, 0.717) is 0 Å². The minimum atomic E-state index is 0.830. The van der Waals surface area contributed by atoms with Gasteiger partial charge in [-0.2, -0.15) is 0 Å². The second-order valence-electron chi connectivity index (χ2n) is 3.77. The van der Waals surface area contributed by atoms with Gasteiger partial charge in [0, 0.05) is 12.4 Å². The molecule has 2 heteroatoms. The minimum absolute atomic E-state index is 0.830. The van der Waals surface area contributed by atoms with E-state index in [9.17, 15) is 0 Å². The van der Waals surface area contributed by atoms with Crippen molar-refractivity contribution in [2.24, 2.45) is 5.92 Å². The van der Waals surface area contributed by atoms with E-state index in [0.717, 1.165) is 5.92 Å². The number of piperidine rings is 1. The number of aromatic nitrogens is 1. The van der Waals surface area contributed by atoms with Crippen molar-refractivity contribution in [2.75, 3.05) is 13.1 Å². The molecule has 0 amide bonds. The highest BCUT2D eigenvalue weighted by molar-refractivity contribution is 5.10. The lowest BCUT2D eigenvalue weighted by Crippen LogP contribution is -2.30. The zero-order valence-electron chi connectivity index (χ0n) is 7.87. The highest BCUT2D eigenvalue weighted by Gasteiger charge is 2.12. The second-order valence-corrected chi connectivity index (χ2v) is 3.77. The Bertz CT molecular complexity index is 240. The van der Waals surface area contributed by atoms with Crippen LogP contribution in [0, 0.1) is 5.92 Å². The molecule has 0 bridgehead atoms. The van der Waals surface area contributed by atoms with Gasteiger partial charge in [-0.1, -0.05) is 0 Å². The van der Waals surface area contributed by atoms with E-state index in [1.807, 2.05) is 12.4 Å². The number of pyridine rings is 1. The molecule has 2 rings (SSSR count). The van der Waals surface area contributed by atoms with Gasteiger partial charge in [-0.3, -0.25) is 4.98 Å². The third kappa shape index (κ3) is 2.52. The Kier molecular flexibility index (Phi) is 2.93. The van der Waals surface area contributed by atoms with Gasteiger partial charge < -0.3 is 5.32 Å². The topological polar surface area (TPSA) is 24.9 Å². The summed E-state index contributed by atoms with van der Waals surface area (Å²) in [6.45, 7) is 2.38. The summed E-state index contributed by atoms with van der Waals surface area (Å²) in [7, 11) is 0. The average molecular weight is 176 g/mol. The molecular weight excluding hydrogens is 160 g/mol. The van der Waals surface area contributed by atoms with Crippen LogP contribution in [0.5, 0.6) is 0 Å². The van der Waals surface area contributed by atoms with Crippen LogP contribution in [0.1, 0.15) is 18.4 Å². The lowest BCUT2D eigenvalue weighted by Gasteiger charge is -2.22. The molecule has 1 aromatic rings. The number of hydrogen-bond donors (Lipinski definition) is 1. The molecule has 1 saturated heterocycles. The molecule has 0 aliphatic carbocycles. The van der Waals surface area contributed by atoms with Crippen LogP contribution in [0.2, 0.25) is 0 Å². The second kappa shape index (κ2) is 4.38. The van der Waals surface area contributed by atoms with Gasteiger partial charge >= 0.3 is 0 Å². The molecule has 0 spiro atoms. The van der Waals surface area contributed by atoms with Crippen LogP contribution in [-0.4, -0.2) is 18.1 Å². The summed E-state index contributed by atoms with van der Waals surface area (Å²) in [6, 6.07) is 4.24. The van der Waals surface area contributed by atoms with Gasteiger partial charge in [0.05, 0.1) is 0 Å². The van der Waals surface area contributed by atoms with Crippen LogP contribution in [0.3, 0.4) is 0 Å². The summed E-state index contributed by atoms with van der Waals surface area (Å²) in [6.07, 6.45) is 7.66. The summed E-state index contributed by atoms with van der Waals surface area (Å²) < 4.78 is 0. The van der Waals surface area contributed by atoms with E-state index in [2.05, 4.69) is 22.4 Å². The number of rotatable bonds is 2. The normalized spacial score (nSPS) is 22.9. The van der Waals surface area contributed by atoms with E-state index in [4.69, 9.17) is 0 Å². The van der Waals surface area contributed by atoms with E-state index in [-0.39, 0.29) is 0 Å². The molecule has 0 aromatic carbocycles. The molecule has 1 fully saturated rings. The van der Waals surface area contributed by atoms with Crippen molar-refractivity contribution in [2.45, 2.75) is 19.3 Å². The monoisotopic (exact) mass is 176 g/mol. The van der Waals surface area contributed by atoms with Crippen molar-refractivity contribution in [3.63, 3.8) is 0 Å². The van der Waals surface area contributed by atoms with Gasteiger partial charge in [0.2, 0.25) is 0 Å². The molecule has 1 atom stereocenters. The molecule has 2 nitrogen and oxygen atoms in total. The highest BCUT2D eigenvalue weighted by Crippen LogP contribution is 2.15. The van der Waals surface area contributed by atoms with E-state index in [1.165, 1.54) is 37.9 Å². The Morgan fingerprint density at radius 1 is 1.38 bits per heavy atom. The fourth-order valence-electron chi connectivity index (χ4n) is 1.95. The van der Waals surface area contributed by atoms with Gasteiger partial charge in [0.15, 0.2) is 0 Å². The fraction of sp³-hybridized carbons (Fsp3) is 0.545. The molecule has 70 valence electrons. The van der Waals surface area contributed by atoms with Crippen LogP contribution in [0.4, 0.5) is 0 Å². The summed E-state index contributed by atoms with van der Waals surface area (Å²) >= 11 is 0. The maximum atomic E-state index is 4.02. The van der Waals surface area contributed by atoms with Crippen molar-refractivity contribution < 1.29 is 0 Å². The zero-order valence-corrected chi connectivity index (χ0v) is 7.87. The third-order valence-corrected chi connectivity index (χ3v) is 2.67. The molecule has 1 aliphatic heterocycles. The van der Waals surface area contributed by atoms with Crippen LogP contribution in [-0.2, 0) is 6.42 Å². The van der Waals surface area contributed by atoms with Crippen molar-refractivity contribution >= 4 is 0 Å².